The third kappa shape index (κ3) is 2.69. The van der Waals surface area contributed by atoms with Gasteiger partial charge in [0.15, 0.2) is 11.1 Å². The largest absolute Gasteiger partial charge is 0.277 e. The lowest BCUT2D eigenvalue weighted by atomic mass is 9.96. The molecule has 10 nitrogen and oxygen atoms in total. The van der Waals surface area contributed by atoms with Gasteiger partial charge >= 0.3 is 0 Å². The second kappa shape index (κ2) is 7.90. The first kappa shape index (κ1) is 23.7. The number of rotatable bonds is 0. The van der Waals surface area contributed by atoms with Gasteiger partial charge in [0.25, 0.3) is 22.2 Å². The molecule has 0 radical (unpaired) electrons. The predicted octanol–water partition coefficient (Wildman–Crippen LogP) is 1.65. The molecule has 38 heavy (non-hydrogen) atoms. The van der Waals surface area contributed by atoms with E-state index in [1.54, 1.807) is 0 Å². The fraction of sp³-hybridized carbons (Fsp3) is 0.0833. The van der Waals surface area contributed by atoms with Crippen molar-refractivity contribution in [3.8, 4) is 24.3 Å². The van der Waals surface area contributed by atoms with Gasteiger partial charge in [-0.25, -0.2) is 0 Å². The van der Waals surface area contributed by atoms with Crippen LogP contribution in [0.3, 0.4) is 0 Å². The number of hydrogen-bond acceptors (Lipinski definition) is 12. The third-order valence-corrected chi connectivity index (χ3v) is 11.5. The van der Waals surface area contributed by atoms with Crippen molar-refractivity contribution in [3.63, 3.8) is 0 Å². The average Bonchev–Trinajstić information content (AvgIpc) is 3.53. The average molecular weight is 571 g/mol. The predicted molar refractivity (Wildman–Crippen MR) is 148 cm³/mol. The fourth-order valence-corrected chi connectivity index (χ4v) is 9.86. The summed E-state index contributed by atoms with van der Waals surface area (Å²) in [5.41, 5.74) is -2.99. The molecule has 0 bridgehead atoms. The molecule has 0 unspecified atom stereocenters. The molecule has 0 spiro atoms. The highest BCUT2D eigenvalue weighted by molar-refractivity contribution is 7.38. The van der Waals surface area contributed by atoms with Crippen molar-refractivity contribution in [2.24, 2.45) is 14.1 Å². The smallest absolute Gasteiger partial charge is 0.262 e. The van der Waals surface area contributed by atoms with E-state index in [0.717, 1.165) is 54.5 Å². The Labute approximate surface area is 224 Å². The van der Waals surface area contributed by atoms with Crippen molar-refractivity contribution in [1.29, 1.82) is 21.0 Å². The Morgan fingerprint density at radius 1 is 0.500 bits per heavy atom. The molecular weight excluding hydrogens is 565 g/mol. The molecule has 0 aliphatic rings. The van der Waals surface area contributed by atoms with Crippen LogP contribution in [-0.4, -0.2) is 9.13 Å². The molecule has 0 atom stereocenters. The van der Waals surface area contributed by atoms with E-state index in [0.29, 0.717) is 18.8 Å². The fourth-order valence-electron chi connectivity index (χ4n) is 4.57. The number of nitrogens with zero attached hydrogens (tertiary/aromatic N) is 6. The minimum atomic E-state index is -0.652. The van der Waals surface area contributed by atoms with Crippen LogP contribution in [0.2, 0.25) is 0 Å². The van der Waals surface area contributed by atoms with Gasteiger partial charge < -0.3 is 0 Å². The zero-order chi connectivity index (χ0) is 27.2. The molecule has 6 rings (SSSR count). The van der Waals surface area contributed by atoms with Gasteiger partial charge in [0.2, 0.25) is 0 Å². The monoisotopic (exact) mass is 570 g/mol. The van der Waals surface area contributed by atoms with Crippen LogP contribution in [0.5, 0.6) is 0 Å². The molecule has 2 aromatic carbocycles. The Morgan fingerprint density at radius 3 is 0.947 bits per heavy atom. The maximum Gasteiger partial charge on any atom is 0.262 e. The van der Waals surface area contributed by atoms with E-state index in [1.807, 2.05) is 24.3 Å². The minimum absolute atomic E-state index is 0.0941. The van der Waals surface area contributed by atoms with Crippen molar-refractivity contribution in [1.82, 2.24) is 9.13 Å². The van der Waals surface area contributed by atoms with Crippen molar-refractivity contribution >= 4 is 108 Å². The Bertz CT molecular complexity index is 2320. The van der Waals surface area contributed by atoms with Crippen LogP contribution in [0, 0.1) is 45.3 Å². The third-order valence-electron chi connectivity index (χ3n) is 6.28. The number of fused-ring (bicyclic) bond motifs is 6. The van der Waals surface area contributed by atoms with Crippen LogP contribution < -0.4 is 29.9 Å². The number of pyridine rings is 2. The highest BCUT2D eigenvalue weighted by Crippen LogP contribution is 2.44. The summed E-state index contributed by atoms with van der Waals surface area (Å²) < 4.78 is 3.73. The summed E-state index contributed by atoms with van der Waals surface area (Å²) in [6.07, 6.45) is 0. The van der Waals surface area contributed by atoms with E-state index in [4.69, 9.17) is 0 Å². The molecule has 0 N–H and O–H groups in total. The van der Waals surface area contributed by atoms with Gasteiger partial charge in [-0.05, 0) is 0 Å². The molecule has 14 heteroatoms. The Balaban J connectivity index is 2.20. The van der Waals surface area contributed by atoms with E-state index in [2.05, 4.69) is 0 Å². The maximum atomic E-state index is 13.6. The molecule has 180 valence electrons. The van der Waals surface area contributed by atoms with Crippen molar-refractivity contribution < 1.29 is 0 Å². The van der Waals surface area contributed by atoms with Crippen LogP contribution in [-0.2, 0) is 14.1 Å². The van der Waals surface area contributed by atoms with E-state index in [1.165, 1.54) is 14.1 Å². The molecule has 0 saturated carbocycles. The first-order valence-corrected chi connectivity index (χ1v) is 13.6. The van der Waals surface area contributed by atoms with Crippen LogP contribution in [0.15, 0.2) is 19.2 Å². The summed E-state index contributed by atoms with van der Waals surface area (Å²) in [6.45, 7) is 0. The summed E-state index contributed by atoms with van der Waals surface area (Å²) in [5.74, 6) is 0. The molecule has 4 aromatic heterocycles. The highest BCUT2D eigenvalue weighted by atomic mass is 32.2. The first-order chi connectivity index (χ1) is 18.2. The number of nitriles is 4. The SMILES string of the molecule is Cn1c(=O)c2c3sc(=C(C#N)C#N)sc3c3c(=O)n(C)c(=O)c4c5sc(=C(C#N)C#N)sc5c(c1=O)c2c34. The molecule has 0 fully saturated rings. The molecular formula is C24H6N6O4S4. The van der Waals surface area contributed by atoms with Gasteiger partial charge in [0, 0.05) is 24.9 Å². The molecule has 0 aliphatic heterocycles. The molecule has 0 saturated heterocycles. The van der Waals surface area contributed by atoms with Crippen molar-refractivity contribution in [3.05, 3.63) is 49.1 Å². The second-order valence-corrected chi connectivity index (χ2v) is 12.7. The molecule has 0 amide bonds. The summed E-state index contributed by atoms with van der Waals surface area (Å²) in [5, 5.41) is 38.4. The minimum Gasteiger partial charge on any atom is -0.277 e. The lowest BCUT2D eigenvalue weighted by molar-refractivity contribution is 0.840. The van der Waals surface area contributed by atoms with E-state index < -0.39 is 22.2 Å². The van der Waals surface area contributed by atoms with E-state index in [9.17, 15) is 40.2 Å². The first-order valence-electron chi connectivity index (χ1n) is 10.4. The molecule has 6 aromatic rings. The number of hydrogen-bond donors (Lipinski definition) is 0. The second-order valence-electron chi connectivity index (χ2n) is 8.09. The zero-order valence-corrected chi connectivity index (χ0v) is 22.2. The lowest BCUT2D eigenvalue weighted by Gasteiger charge is -2.13. The highest BCUT2D eigenvalue weighted by Gasteiger charge is 2.28. The Morgan fingerprint density at radius 2 is 0.737 bits per heavy atom. The molecule has 4 heterocycles. The zero-order valence-electron chi connectivity index (χ0n) is 18.9. The van der Waals surface area contributed by atoms with Crippen LogP contribution in [0.1, 0.15) is 0 Å². The van der Waals surface area contributed by atoms with E-state index >= 15 is 0 Å². The Hall–Kier alpha value is -4.70. The quantitative estimate of drug-likeness (QED) is 0.248. The Kier molecular flexibility index (Phi) is 4.92. The lowest BCUT2D eigenvalue weighted by Crippen LogP contribution is -2.33. The normalized spacial score (nSPS) is 11.2. The van der Waals surface area contributed by atoms with Crippen LogP contribution in [0.25, 0.3) is 62.3 Å². The summed E-state index contributed by atoms with van der Waals surface area (Å²) >= 11 is 3.98. The van der Waals surface area contributed by atoms with Gasteiger partial charge in [-0.15, -0.1) is 45.3 Å². The van der Waals surface area contributed by atoms with Gasteiger partial charge in [-0.1, -0.05) is 0 Å². The van der Waals surface area contributed by atoms with E-state index in [-0.39, 0.29) is 51.2 Å². The van der Waals surface area contributed by atoms with Gasteiger partial charge in [0.1, 0.15) is 32.0 Å². The van der Waals surface area contributed by atoms with Crippen molar-refractivity contribution in [2.45, 2.75) is 0 Å². The van der Waals surface area contributed by atoms with Gasteiger partial charge in [-0.3, -0.25) is 28.3 Å². The molecule has 0 aliphatic carbocycles. The number of benzene rings is 2. The van der Waals surface area contributed by atoms with Crippen molar-refractivity contribution in [2.75, 3.05) is 0 Å². The number of aromatic nitrogens is 2. The standard InChI is InChI=1S/C24H6N6O4S4/c1-29-19(31)11-9-10-13(17-15(11)35-23(37-17)7(3-25)4-26)21(33)30(2)22(34)14(10)18-16(12(9)20(29)32)36-24(38-18)8(5-27)6-28/h1-2H3. The topological polar surface area (TPSA) is 173 Å². The van der Waals surface area contributed by atoms with Gasteiger partial charge in [-0.2, -0.15) is 21.0 Å². The van der Waals surface area contributed by atoms with Gasteiger partial charge in [0.05, 0.1) is 40.3 Å². The summed E-state index contributed by atoms with van der Waals surface area (Å²) in [6, 6.07) is 7.31. The summed E-state index contributed by atoms with van der Waals surface area (Å²) in [7, 11) is 2.63. The van der Waals surface area contributed by atoms with Crippen LogP contribution in [0.4, 0.5) is 0 Å². The maximum absolute atomic E-state index is 13.6. The van der Waals surface area contributed by atoms with Crippen LogP contribution >= 0.6 is 45.3 Å². The summed E-state index contributed by atoms with van der Waals surface area (Å²) in [4.78, 5) is 54.2.